The van der Waals surface area contributed by atoms with Crippen LogP contribution in [0.25, 0.3) is 0 Å². The molecule has 2 aliphatic rings. The molecule has 8 heteroatoms. The minimum atomic E-state index is -0.642. The fourth-order valence-corrected chi connectivity index (χ4v) is 2.89. The lowest BCUT2D eigenvalue weighted by Gasteiger charge is -2.15. The predicted molar refractivity (Wildman–Crippen MR) is 101 cm³/mol. The lowest BCUT2D eigenvalue weighted by atomic mass is 10.2. The molecule has 2 aromatic rings. The van der Waals surface area contributed by atoms with Gasteiger partial charge in [0.25, 0.3) is 23.6 Å². The Hall–Kier alpha value is -4.33. The number of rotatable bonds is 4. The van der Waals surface area contributed by atoms with Gasteiger partial charge in [-0.2, -0.15) is 0 Å². The van der Waals surface area contributed by atoms with Gasteiger partial charge < -0.3 is 4.74 Å². The SMILES string of the molecule is O=C(Oc1ccc(N2C(=O)C=CC2=O)cc1)c1ccc(N2C(=O)C=CC2=O)cc1. The van der Waals surface area contributed by atoms with Gasteiger partial charge in [0, 0.05) is 24.3 Å². The number of imide groups is 2. The van der Waals surface area contributed by atoms with Crippen molar-refractivity contribution < 1.29 is 28.7 Å². The largest absolute Gasteiger partial charge is 0.423 e. The number of hydrogen-bond donors (Lipinski definition) is 0. The summed E-state index contributed by atoms with van der Waals surface area (Å²) in [6, 6.07) is 11.7. The fraction of sp³-hybridized carbons (Fsp3) is 0. The van der Waals surface area contributed by atoms with E-state index in [1.54, 1.807) is 0 Å². The Morgan fingerprint density at radius 1 is 0.586 bits per heavy atom. The summed E-state index contributed by atoms with van der Waals surface area (Å²) in [6.07, 6.45) is 4.71. The van der Waals surface area contributed by atoms with Crippen molar-refractivity contribution in [3.05, 3.63) is 78.4 Å². The van der Waals surface area contributed by atoms with E-state index in [0.29, 0.717) is 11.4 Å². The Bertz CT molecular complexity index is 1080. The first kappa shape index (κ1) is 18.1. The lowest BCUT2D eigenvalue weighted by molar-refractivity contribution is -0.121. The molecule has 2 heterocycles. The Labute approximate surface area is 164 Å². The molecule has 2 aromatic carbocycles. The topological polar surface area (TPSA) is 101 Å². The van der Waals surface area contributed by atoms with E-state index in [-0.39, 0.29) is 11.3 Å². The minimum absolute atomic E-state index is 0.221. The number of esters is 1. The fourth-order valence-electron chi connectivity index (χ4n) is 2.89. The molecular weight excluding hydrogens is 376 g/mol. The maximum atomic E-state index is 12.3. The third-order valence-corrected chi connectivity index (χ3v) is 4.29. The van der Waals surface area contributed by atoms with Gasteiger partial charge in [0.1, 0.15) is 5.75 Å². The molecule has 0 aliphatic carbocycles. The number of amides is 4. The summed E-state index contributed by atoms with van der Waals surface area (Å²) >= 11 is 0. The third kappa shape index (κ3) is 3.34. The van der Waals surface area contributed by atoms with Gasteiger partial charge in [-0.05, 0) is 48.5 Å². The van der Waals surface area contributed by atoms with Gasteiger partial charge >= 0.3 is 5.97 Å². The van der Waals surface area contributed by atoms with E-state index < -0.39 is 29.6 Å². The highest BCUT2D eigenvalue weighted by molar-refractivity contribution is 6.28. The number of carbonyl (C=O) groups excluding carboxylic acids is 5. The van der Waals surface area contributed by atoms with Crippen molar-refractivity contribution >= 4 is 41.0 Å². The predicted octanol–water partition coefficient (Wildman–Crippen LogP) is 1.76. The van der Waals surface area contributed by atoms with Crippen LogP contribution in [0.3, 0.4) is 0 Å². The quantitative estimate of drug-likeness (QED) is 0.449. The first-order valence-corrected chi connectivity index (χ1v) is 8.48. The van der Waals surface area contributed by atoms with Crippen LogP contribution >= 0.6 is 0 Å². The average Bonchev–Trinajstić information content (AvgIpc) is 3.23. The van der Waals surface area contributed by atoms with Crippen LogP contribution in [0.2, 0.25) is 0 Å². The first-order chi connectivity index (χ1) is 13.9. The minimum Gasteiger partial charge on any atom is -0.423 e. The van der Waals surface area contributed by atoms with Crippen molar-refractivity contribution in [2.75, 3.05) is 9.80 Å². The van der Waals surface area contributed by atoms with E-state index in [1.165, 1.54) is 72.8 Å². The van der Waals surface area contributed by atoms with E-state index in [0.717, 1.165) is 9.80 Å². The van der Waals surface area contributed by atoms with Gasteiger partial charge in [0.05, 0.1) is 16.9 Å². The second kappa shape index (κ2) is 7.01. The second-order valence-corrected chi connectivity index (χ2v) is 6.12. The zero-order valence-electron chi connectivity index (χ0n) is 14.8. The highest BCUT2D eigenvalue weighted by Crippen LogP contribution is 2.24. The molecule has 0 radical (unpaired) electrons. The van der Waals surface area contributed by atoms with Gasteiger partial charge in [-0.3, -0.25) is 19.2 Å². The molecule has 2 aliphatic heterocycles. The Morgan fingerprint density at radius 3 is 1.38 bits per heavy atom. The summed E-state index contributed by atoms with van der Waals surface area (Å²) in [5, 5.41) is 0. The second-order valence-electron chi connectivity index (χ2n) is 6.12. The van der Waals surface area contributed by atoms with Crippen molar-refractivity contribution in [3.63, 3.8) is 0 Å². The van der Waals surface area contributed by atoms with Gasteiger partial charge in [0.2, 0.25) is 0 Å². The molecule has 0 saturated carbocycles. The van der Waals surface area contributed by atoms with Gasteiger partial charge in [-0.25, -0.2) is 14.6 Å². The molecule has 0 aromatic heterocycles. The first-order valence-electron chi connectivity index (χ1n) is 8.48. The van der Waals surface area contributed by atoms with Crippen molar-refractivity contribution in [2.24, 2.45) is 0 Å². The molecule has 4 amide bonds. The number of nitrogens with zero attached hydrogens (tertiary/aromatic N) is 2. The summed E-state index contributed by atoms with van der Waals surface area (Å²) in [6.45, 7) is 0. The van der Waals surface area contributed by atoms with E-state index >= 15 is 0 Å². The highest BCUT2D eigenvalue weighted by Gasteiger charge is 2.26. The molecule has 0 spiro atoms. The van der Waals surface area contributed by atoms with Crippen LogP contribution in [0.15, 0.2) is 72.8 Å². The highest BCUT2D eigenvalue weighted by atomic mass is 16.5. The molecule has 4 rings (SSSR count). The Kier molecular flexibility index (Phi) is 4.36. The van der Waals surface area contributed by atoms with Gasteiger partial charge in [-0.15, -0.1) is 0 Å². The Balaban J connectivity index is 1.44. The summed E-state index contributed by atoms with van der Waals surface area (Å²) in [7, 11) is 0. The zero-order chi connectivity index (χ0) is 20.5. The number of benzene rings is 2. The van der Waals surface area contributed by atoms with Crippen molar-refractivity contribution in [2.45, 2.75) is 0 Å². The number of carbonyl (C=O) groups is 5. The van der Waals surface area contributed by atoms with Crippen molar-refractivity contribution in [1.29, 1.82) is 0 Å². The summed E-state index contributed by atoms with van der Waals surface area (Å²) in [5.74, 6) is -2.19. The number of anilines is 2. The van der Waals surface area contributed by atoms with Crippen LogP contribution in [-0.2, 0) is 19.2 Å². The smallest absolute Gasteiger partial charge is 0.343 e. The molecule has 0 saturated heterocycles. The average molecular weight is 388 g/mol. The molecule has 0 bridgehead atoms. The third-order valence-electron chi connectivity index (χ3n) is 4.29. The zero-order valence-corrected chi connectivity index (χ0v) is 14.8. The molecule has 0 atom stereocenters. The molecule has 0 N–H and O–H groups in total. The normalized spacial score (nSPS) is 15.6. The van der Waals surface area contributed by atoms with E-state index in [9.17, 15) is 24.0 Å². The van der Waals surface area contributed by atoms with Crippen molar-refractivity contribution in [3.8, 4) is 5.75 Å². The molecule has 142 valence electrons. The van der Waals surface area contributed by atoms with Gasteiger partial charge in [-0.1, -0.05) is 0 Å². The molecule has 0 unspecified atom stereocenters. The molecule has 29 heavy (non-hydrogen) atoms. The van der Waals surface area contributed by atoms with Gasteiger partial charge in [0.15, 0.2) is 0 Å². The van der Waals surface area contributed by atoms with Crippen molar-refractivity contribution in [1.82, 2.24) is 0 Å². The molecule has 0 fully saturated rings. The standard InChI is InChI=1S/C21H12N2O6/c24-17-9-10-18(25)22(17)14-3-1-13(2-4-14)21(28)29-16-7-5-15(6-8-16)23-19(26)11-12-20(23)27/h1-12H. The van der Waals surface area contributed by atoms with Crippen LogP contribution in [0.4, 0.5) is 11.4 Å². The van der Waals surface area contributed by atoms with Crippen LogP contribution in [0.5, 0.6) is 5.75 Å². The molecular formula is C21H12N2O6. The van der Waals surface area contributed by atoms with E-state index in [2.05, 4.69) is 0 Å². The number of ether oxygens (including phenoxy) is 1. The van der Waals surface area contributed by atoms with Crippen LogP contribution in [-0.4, -0.2) is 29.6 Å². The Morgan fingerprint density at radius 2 is 0.966 bits per heavy atom. The summed E-state index contributed by atoms with van der Waals surface area (Å²) in [4.78, 5) is 61.0. The van der Waals surface area contributed by atoms with Crippen LogP contribution in [0.1, 0.15) is 10.4 Å². The van der Waals surface area contributed by atoms with E-state index in [1.807, 2.05) is 0 Å². The monoisotopic (exact) mass is 388 g/mol. The lowest BCUT2D eigenvalue weighted by Crippen LogP contribution is -2.29. The van der Waals surface area contributed by atoms with Crippen LogP contribution < -0.4 is 14.5 Å². The maximum absolute atomic E-state index is 12.3. The number of hydrogen-bond acceptors (Lipinski definition) is 6. The van der Waals surface area contributed by atoms with Crippen LogP contribution in [0, 0.1) is 0 Å². The van der Waals surface area contributed by atoms with E-state index in [4.69, 9.17) is 4.74 Å². The summed E-state index contributed by atoms with van der Waals surface area (Å²) < 4.78 is 5.28. The maximum Gasteiger partial charge on any atom is 0.343 e. The molecule has 8 nitrogen and oxygen atoms in total. The summed E-state index contributed by atoms with van der Waals surface area (Å²) in [5.41, 5.74) is 0.932.